The Kier molecular flexibility index (Phi) is 9.73. The predicted molar refractivity (Wildman–Crippen MR) is 97.3 cm³/mol. The lowest BCUT2D eigenvalue weighted by atomic mass is 10.4. The zero-order chi connectivity index (χ0) is 18.0. The molecule has 0 amide bonds. The van der Waals surface area contributed by atoms with Crippen LogP contribution in [0.4, 0.5) is 0 Å². The fraction of sp³-hybridized carbons (Fsp3) is 0.667. The predicted octanol–water partition coefficient (Wildman–Crippen LogP) is 3.10. The lowest BCUT2D eigenvalue weighted by Gasteiger charge is -2.31. The smallest absolute Gasteiger partial charge is 0.370 e. The van der Waals surface area contributed by atoms with Crippen LogP contribution in [0.25, 0.3) is 0 Å². The zero-order valence-electron chi connectivity index (χ0n) is 15.8. The summed E-state index contributed by atoms with van der Waals surface area (Å²) < 4.78 is 29.8. The van der Waals surface area contributed by atoms with Gasteiger partial charge in [0.1, 0.15) is 0 Å². The molecule has 24 heavy (non-hydrogen) atoms. The Morgan fingerprint density at radius 2 is 1.29 bits per heavy atom. The number of ether oxygens (including phenoxy) is 2. The average molecular weight is 357 g/mol. The summed E-state index contributed by atoms with van der Waals surface area (Å²) in [5, 5.41) is 0.946. The summed E-state index contributed by atoms with van der Waals surface area (Å²) in [6, 6.07) is 9.86. The fourth-order valence-corrected chi connectivity index (χ4v) is 4.76. The number of hydrogen-bond donors (Lipinski definition) is 0. The lowest BCUT2D eigenvalue weighted by molar-refractivity contribution is -0.198. The molecule has 0 atom stereocenters. The first-order valence-electron chi connectivity index (χ1n) is 8.71. The molecule has 0 N–H and O–H groups in total. The number of benzene rings is 1. The van der Waals surface area contributed by atoms with Gasteiger partial charge >= 0.3 is 8.80 Å². The van der Waals surface area contributed by atoms with Crippen LogP contribution >= 0.6 is 0 Å². The second kappa shape index (κ2) is 11.0. The summed E-state index contributed by atoms with van der Waals surface area (Å²) in [7, 11) is -3.00. The van der Waals surface area contributed by atoms with Gasteiger partial charge in [0.2, 0.25) is 0 Å². The van der Waals surface area contributed by atoms with Crippen molar-refractivity contribution in [1.82, 2.24) is 0 Å². The highest BCUT2D eigenvalue weighted by molar-refractivity contribution is 6.75. The van der Waals surface area contributed by atoms with E-state index in [9.17, 15) is 0 Å². The molecular weight excluding hydrogens is 324 g/mol. The van der Waals surface area contributed by atoms with Crippen molar-refractivity contribution in [1.29, 1.82) is 0 Å². The van der Waals surface area contributed by atoms with Gasteiger partial charge in [0.25, 0.3) is 0 Å². The summed E-state index contributed by atoms with van der Waals surface area (Å²) in [4.78, 5) is 0. The molecule has 0 bridgehead atoms. The first kappa shape index (κ1) is 21.3. The van der Waals surface area contributed by atoms with Crippen molar-refractivity contribution in [3.8, 4) is 0 Å². The monoisotopic (exact) mass is 356 g/mol. The van der Waals surface area contributed by atoms with Gasteiger partial charge in [-0.2, -0.15) is 0 Å². The van der Waals surface area contributed by atoms with Crippen LogP contribution in [0.15, 0.2) is 30.3 Å². The first-order chi connectivity index (χ1) is 11.4. The van der Waals surface area contributed by atoms with Crippen LogP contribution in [0.2, 0.25) is 0 Å². The third-order valence-corrected chi connectivity index (χ3v) is 5.98. The Morgan fingerprint density at radius 3 is 1.71 bits per heavy atom. The quantitative estimate of drug-likeness (QED) is 0.425. The van der Waals surface area contributed by atoms with Crippen LogP contribution in [0.3, 0.4) is 0 Å². The summed E-state index contributed by atoms with van der Waals surface area (Å²) >= 11 is 0. The maximum atomic E-state index is 6.20. The van der Waals surface area contributed by atoms with Crippen molar-refractivity contribution in [3.05, 3.63) is 30.3 Å². The molecule has 0 unspecified atom stereocenters. The minimum Gasteiger partial charge on any atom is -0.370 e. The van der Waals surface area contributed by atoms with Crippen molar-refractivity contribution in [2.45, 2.75) is 60.0 Å². The normalized spacial score (nSPS) is 12.5. The lowest BCUT2D eigenvalue weighted by Crippen LogP contribution is -2.58. The molecular formula is C18H32O5Si. The Morgan fingerprint density at radius 1 is 0.792 bits per heavy atom. The Hall–Kier alpha value is -0.763. The van der Waals surface area contributed by atoms with E-state index in [4.69, 9.17) is 22.8 Å². The summed E-state index contributed by atoms with van der Waals surface area (Å²) in [6.07, 6.45) is -0.366. The molecule has 138 valence electrons. The SMILES string of the molecule is CCO[Si](OCC)(OCC(OC(C)C)OC(C)C)c1ccccc1. The van der Waals surface area contributed by atoms with E-state index in [0.29, 0.717) is 13.2 Å². The van der Waals surface area contributed by atoms with Crippen molar-refractivity contribution in [2.75, 3.05) is 19.8 Å². The van der Waals surface area contributed by atoms with Crippen molar-refractivity contribution >= 4 is 14.0 Å². The zero-order valence-corrected chi connectivity index (χ0v) is 16.8. The van der Waals surface area contributed by atoms with Crippen molar-refractivity contribution in [3.63, 3.8) is 0 Å². The van der Waals surface area contributed by atoms with Crippen molar-refractivity contribution in [2.24, 2.45) is 0 Å². The molecule has 0 spiro atoms. The second-order valence-electron chi connectivity index (χ2n) is 5.90. The largest absolute Gasteiger partial charge is 0.537 e. The van der Waals surface area contributed by atoms with Crippen LogP contribution in [-0.2, 0) is 22.8 Å². The molecule has 1 aromatic carbocycles. The van der Waals surface area contributed by atoms with Gasteiger partial charge in [0.05, 0.1) is 18.8 Å². The van der Waals surface area contributed by atoms with E-state index < -0.39 is 15.1 Å². The molecule has 5 nitrogen and oxygen atoms in total. The number of rotatable bonds is 12. The molecule has 0 aliphatic carbocycles. The van der Waals surface area contributed by atoms with E-state index in [1.54, 1.807) is 0 Å². The van der Waals surface area contributed by atoms with Gasteiger partial charge < -0.3 is 22.8 Å². The van der Waals surface area contributed by atoms with Gasteiger partial charge in [-0.05, 0) is 41.5 Å². The Balaban J connectivity index is 2.93. The highest BCUT2D eigenvalue weighted by atomic mass is 28.4. The van der Waals surface area contributed by atoms with Gasteiger partial charge in [0.15, 0.2) is 6.29 Å². The molecule has 1 aromatic rings. The van der Waals surface area contributed by atoms with E-state index in [-0.39, 0.29) is 18.8 Å². The highest BCUT2D eigenvalue weighted by Crippen LogP contribution is 2.14. The van der Waals surface area contributed by atoms with E-state index >= 15 is 0 Å². The molecule has 0 saturated carbocycles. The van der Waals surface area contributed by atoms with Crippen LogP contribution in [-0.4, -0.2) is 47.1 Å². The summed E-state index contributed by atoms with van der Waals surface area (Å²) in [5.41, 5.74) is 0. The van der Waals surface area contributed by atoms with Gasteiger partial charge in [-0.3, -0.25) is 0 Å². The number of hydrogen-bond acceptors (Lipinski definition) is 5. The van der Waals surface area contributed by atoms with E-state index in [1.165, 1.54) is 0 Å². The molecule has 0 heterocycles. The third kappa shape index (κ3) is 7.00. The van der Waals surface area contributed by atoms with Crippen LogP contribution in [0.5, 0.6) is 0 Å². The Labute approximate surface area is 147 Å². The standard InChI is InChI=1S/C18H32O5Si/c1-7-19-24(20-8-2,17-12-10-9-11-13-17)21-14-18(22-15(3)4)23-16(5)6/h9-13,15-16,18H,7-8,14H2,1-6H3. The summed E-state index contributed by atoms with van der Waals surface area (Å²) in [5.74, 6) is 0. The Bertz CT molecular complexity index is 422. The van der Waals surface area contributed by atoms with Gasteiger partial charge in [-0.1, -0.05) is 30.3 Å². The van der Waals surface area contributed by atoms with E-state index in [0.717, 1.165) is 5.19 Å². The third-order valence-electron chi connectivity index (χ3n) is 3.05. The van der Waals surface area contributed by atoms with E-state index in [2.05, 4.69) is 0 Å². The second-order valence-corrected chi connectivity index (χ2v) is 8.45. The molecule has 0 saturated heterocycles. The maximum absolute atomic E-state index is 6.20. The molecule has 0 aliphatic rings. The fourth-order valence-electron chi connectivity index (χ4n) is 2.29. The highest BCUT2D eigenvalue weighted by Gasteiger charge is 2.44. The van der Waals surface area contributed by atoms with Gasteiger partial charge in [-0.25, -0.2) is 0 Å². The molecule has 0 radical (unpaired) electrons. The molecule has 1 rings (SSSR count). The maximum Gasteiger partial charge on any atom is 0.537 e. The minimum absolute atomic E-state index is 0.0457. The molecule has 0 aromatic heterocycles. The molecule has 6 heteroatoms. The van der Waals surface area contributed by atoms with Gasteiger partial charge in [0, 0.05) is 18.4 Å². The van der Waals surface area contributed by atoms with Gasteiger partial charge in [-0.15, -0.1) is 0 Å². The van der Waals surface area contributed by atoms with Crippen LogP contribution in [0, 0.1) is 0 Å². The van der Waals surface area contributed by atoms with Crippen molar-refractivity contribution < 1.29 is 22.8 Å². The topological polar surface area (TPSA) is 46.2 Å². The molecule has 0 fully saturated rings. The summed E-state index contributed by atoms with van der Waals surface area (Å²) in [6.45, 7) is 13.1. The van der Waals surface area contributed by atoms with Crippen LogP contribution in [0.1, 0.15) is 41.5 Å². The first-order valence-corrected chi connectivity index (χ1v) is 10.4. The van der Waals surface area contributed by atoms with Crippen LogP contribution < -0.4 is 5.19 Å². The minimum atomic E-state index is -3.00. The van der Waals surface area contributed by atoms with E-state index in [1.807, 2.05) is 71.9 Å². The average Bonchev–Trinajstić information content (AvgIpc) is 2.52. The molecule has 0 aliphatic heterocycles.